The van der Waals surface area contributed by atoms with Gasteiger partial charge in [-0.2, -0.15) is 15.8 Å². The fourth-order valence-electron chi connectivity index (χ4n) is 6.63. The normalized spacial score (nSPS) is 14.5. The van der Waals surface area contributed by atoms with Gasteiger partial charge in [0.05, 0.1) is 46.2 Å². The van der Waals surface area contributed by atoms with Gasteiger partial charge in [-0.05, 0) is 83.9 Å². The first-order valence-electron chi connectivity index (χ1n) is 19.4. The lowest BCUT2D eigenvalue weighted by Gasteiger charge is -2.21. The van der Waals surface area contributed by atoms with Crippen molar-refractivity contribution < 1.29 is 57.3 Å². The highest BCUT2D eigenvalue weighted by Crippen LogP contribution is 2.47. The van der Waals surface area contributed by atoms with Gasteiger partial charge in [-0.3, -0.25) is 4.57 Å². The van der Waals surface area contributed by atoms with E-state index in [1.54, 1.807) is 52.5 Å². The molecule has 0 amide bonds. The van der Waals surface area contributed by atoms with Crippen molar-refractivity contribution in [3.8, 4) is 41.2 Å². The van der Waals surface area contributed by atoms with E-state index in [1.807, 2.05) is 19.9 Å². The molecular formula is C43H59N3O12P2Si. The number of esters is 2. The number of aromatic hydroxyl groups is 1. The second kappa shape index (κ2) is 22.3. The van der Waals surface area contributed by atoms with E-state index < -0.39 is 40.1 Å². The van der Waals surface area contributed by atoms with Gasteiger partial charge in [-0.1, -0.05) is 42.9 Å². The summed E-state index contributed by atoms with van der Waals surface area (Å²) >= 11 is 0. The van der Waals surface area contributed by atoms with Gasteiger partial charge in [0.15, 0.2) is 5.66 Å². The standard InChI is InChI=1S/C24H36NO5PSi.C17H20NO7P.C2H3N/c1-16(13-18(14-25)31(4,5)27)9-10-19-22(28-3)17(2)20-15-30-24(26)21(20)23(19)29-11-12-32(6,7)8;1-9(6-11(7-18)26(21,22)23)4-5-12-15(19)14-13(8-25-17(14)20)10(2)16(12)24-3;1-2-3/h9,18H,10-13,15H2,1-8H3;4,11,19H,5-6,8H2,1-3H3,(H2,21,22,23);1H3/b16-9+;9-4+;. The van der Waals surface area contributed by atoms with Crippen molar-refractivity contribution in [2.45, 2.75) is 111 Å². The average molecular weight is 900 g/mol. The molecule has 2 atom stereocenters. The minimum absolute atomic E-state index is 0.0746. The monoisotopic (exact) mass is 899 g/mol. The van der Waals surface area contributed by atoms with Crippen LogP contribution in [0.25, 0.3) is 0 Å². The number of methoxy groups -OCH3 is 2. The molecule has 2 aliphatic rings. The molecule has 0 radical (unpaired) electrons. The molecule has 0 spiro atoms. The second-order valence-electron chi connectivity index (χ2n) is 16.4. The molecule has 2 unspecified atom stereocenters. The Bertz CT molecular complexity index is 2270. The first-order valence-corrected chi connectivity index (χ1v) is 27.5. The van der Waals surface area contributed by atoms with Crippen LogP contribution >= 0.6 is 14.7 Å². The quantitative estimate of drug-likeness (QED) is 0.0617. The van der Waals surface area contributed by atoms with Crippen LogP contribution in [0, 0.1) is 47.8 Å². The Kier molecular flexibility index (Phi) is 19.1. The van der Waals surface area contributed by atoms with Crippen LogP contribution < -0.4 is 14.2 Å². The van der Waals surface area contributed by atoms with Crippen LogP contribution in [0.1, 0.15) is 87.7 Å². The van der Waals surface area contributed by atoms with Crippen molar-refractivity contribution in [2.75, 3.05) is 34.2 Å². The predicted molar refractivity (Wildman–Crippen MR) is 235 cm³/mol. The largest absolute Gasteiger partial charge is 0.507 e. The Balaban J connectivity index is 0.000000402. The molecule has 2 heterocycles. The van der Waals surface area contributed by atoms with E-state index in [4.69, 9.17) is 44.0 Å². The van der Waals surface area contributed by atoms with Crippen molar-refractivity contribution in [1.29, 1.82) is 15.8 Å². The SMILES string of the molecule is CC#N.COc1c(C)c2c(c(O)c1C/C=C(\C)CC(C#N)P(=O)(O)O)C(=O)OC2.COc1c(C)c2c(c(OCC[Si](C)(C)C)c1C/C=C(\C)CC(C#N)P(C)(C)=O)C(=O)OC2. The van der Waals surface area contributed by atoms with E-state index in [-0.39, 0.29) is 43.3 Å². The van der Waals surface area contributed by atoms with Gasteiger partial charge in [0, 0.05) is 37.3 Å². The topological polar surface area (TPSA) is 246 Å². The first kappa shape index (κ1) is 52.3. The maximum absolute atomic E-state index is 12.6. The Morgan fingerprint density at radius 2 is 1.23 bits per heavy atom. The number of carbonyl (C=O) groups is 2. The number of allylic oxidation sites excluding steroid dienone is 4. The highest BCUT2D eigenvalue weighted by molar-refractivity contribution is 7.63. The maximum Gasteiger partial charge on any atom is 0.342 e. The Morgan fingerprint density at radius 1 is 0.803 bits per heavy atom. The van der Waals surface area contributed by atoms with Crippen LogP contribution in [0.2, 0.25) is 25.7 Å². The van der Waals surface area contributed by atoms with Crippen LogP contribution in [0.5, 0.6) is 23.0 Å². The number of carbonyl (C=O) groups excluding carboxylic acids is 2. The summed E-state index contributed by atoms with van der Waals surface area (Å²) in [4.78, 5) is 42.7. The number of nitrogens with zero attached hydrogens (tertiary/aromatic N) is 3. The zero-order valence-electron chi connectivity index (χ0n) is 37.2. The van der Waals surface area contributed by atoms with Crippen LogP contribution in [0.15, 0.2) is 23.3 Å². The van der Waals surface area contributed by atoms with Crippen LogP contribution in [0.3, 0.4) is 0 Å². The number of phenols is 1. The molecular weight excluding hydrogens is 841 g/mol. The van der Waals surface area contributed by atoms with Crippen molar-refractivity contribution in [2.24, 2.45) is 0 Å². The van der Waals surface area contributed by atoms with Crippen LogP contribution in [-0.2, 0) is 44.7 Å². The maximum atomic E-state index is 12.6. The molecule has 4 rings (SSSR count). The van der Waals surface area contributed by atoms with Gasteiger partial charge in [0.1, 0.15) is 53.0 Å². The fourth-order valence-corrected chi connectivity index (χ4v) is 9.03. The number of fused-ring (bicyclic) bond motifs is 2. The van der Waals surface area contributed by atoms with E-state index in [2.05, 4.69) is 25.7 Å². The van der Waals surface area contributed by atoms with Gasteiger partial charge in [-0.15, -0.1) is 0 Å². The minimum Gasteiger partial charge on any atom is -0.507 e. The van der Waals surface area contributed by atoms with Gasteiger partial charge in [0.2, 0.25) is 0 Å². The van der Waals surface area contributed by atoms with E-state index in [1.165, 1.54) is 14.0 Å². The summed E-state index contributed by atoms with van der Waals surface area (Å²) in [5, 5.41) is 36.2. The first-order chi connectivity index (χ1) is 28.3. The molecule has 2 aromatic carbocycles. The number of phenolic OH excluding ortho intramolecular Hbond substituents is 1. The Hall–Kier alpha value is -4.87. The molecule has 2 aromatic rings. The lowest BCUT2D eigenvalue weighted by molar-refractivity contribution is 0.0523. The third kappa shape index (κ3) is 13.8. The Morgan fingerprint density at radius 3 is 1.66 bits per heavy atom. The molecule has 0 bridgehead atoms. The van der Waals surface area contributed by atoms with Crippen molar-refractivity contribution in [3.05, 3.63) is 67.8 Å². The third-order valence-electron chi connectivity index (χ3n) is 10.2. The zero-order valence-corrected chi connectivity index (χ0v) is 40.0. The number of ether oxygens (including phenoxy) is 5. The summed E-state index contributed by atoms with van der Waals surface area (Å²) in [6, 6.07) is 6.52. The number of benzene rings is 2. The second-order valence-corrected chi connectivity index (χ2v) is 27.3. The molecule has 0 aromatic heterocycles. The highest BCUT2D eigenvalue weighted by Gasteiger charge is 2.35. The van der Waals surface area contributed by atoms with Crippen molar-refractivity contribution >= 4 is 34.8 Å². The minimum atomic E-state index is -4.51. The molecule has 0 aliphatic carbocycles. The van der Waals surface area contributed by atoms with Crippen molar-refractivity contribution in [1.82, 2.24) is 0 Å². The number of rotatable bonds is 16. The average Bonchev–Trinajstić information content (AvgIpc) is 3.75. The summed E-state index contributed by atoms with van der Waals surface area (Å²) in [7, 11) is -5.28. The number of nitriles is 3. The lowest BCUT2D eigenvalue weighted by atomic mass is 9.94. The highest BCUT2D eigenvalue weighted by atomic mass is 31.2. The molecule has 0 fully saturated rings. The third-order valence-corrected chi connectivity index (χ3v) is 14.8. The summed E-state index contributed by atoms with van der Waals surface area (Å²) in [6.07, 6.45) is 4.64. The van der Waals surface area contributed by atoms with Gasteiger partial charge in [-0.25, -0.2) is 9.59 Å². The molecule has 3 N–H and O–H groups in total. The van der Waals surface area contributed by atoms with Gasteiger partial charge >= 0.3 is 19.5 Å². The van der Waals surface area contributed by atoms with Gasteiger partial charge < -0.3 is 43.1 Å². The molecule has 15 nitrogen and oxygen atoms in total. The van der Waals surface area contributed by atoms with Gasteiger partial charge in [0.25, 0.3) is 0 Å². The zero-order chi connectivity index (χ0) is 46.6. The Labute approximate surface area is 360 Å². The number of hydrogen-bond acceptors (Lipinski definition) is 13. The van der Waals surface area contributed by atoms with Crippen LogP contribution in [-0.4, -0.2) is 80.4 Å². The van der Waals surface area contributed by atoms with Crippen molar-refractivity contribution in [3.63, 3.8) is 0 Å². The molecule has 0 saturated heterocycles. The lowest BCUT2D eigenvalue weighted by Crippen LogP contribution is -2.23. The smallest absolute Gasteiger partial charge is 0.342 e. The van der Waals surface area contributed by atoms with E-state index in [0.29, 0.717) is 64.5 Å². The molecule has 0 saturated carbocycles. The van der Waals surface area contributed by atoms with Crippen LogP contribution in [0.4, 0.5) is 0 Å². The summed E-state index contributed by atoms with van der Waals surface area (Å²) in [5.41, 5.74) is 4.39. The summed E-state index contributed by atoms with van der Waals surface area (Å²) in [6.45, 7) is 19.7. The van der Waals surface area contributed by atoms with E-state index >= 15 is 0 Å². The molecule has 18 heteroatoms. The van der Waals surface area contributed by atoms with E-state index in [0.717, 1.165) is 28.3 Å². The summed E-state index contributed by atoms with van der Waals surface area (Å²) < 4.78 is 51.3. The number of cyclic esters (lactones) is 2. The fraction of sp³-hybridized carbons (Fsp3) is 0.512. The molecule has 332 valence electrons. The number of hydrogen-bond donors (Lipinski definition) is 3. The molecule has 61 heavy (non-hydrogen) atoms. The predicted octanol–water partition coefficient (Wildman–Crippen LogP) is 8.64. The van der Waals surface area contributed by atoms with E-state index in [9.17, 15) is 29.1 Å². The molecule has 2 aliphatic heterocycles. The summed E-state index contributed by atoms with van der Waals surface area (Å²) in [5.74, 6) is 0.481.